The first-order valence-corrected chi connectivity index (χ1v) is 6.71. The first kappa shape index (κ1) is 15.0. The molecule has 7 heteroatoms. The van der Waals surface area contributed by atoms with Crippen LogP contribution in [0.4, 0.5) is 0 Å². The molecule has 2 aromatic heterocycles. The molecule has 0 aliphatic heterocycles. The van der Waals surface area contributed by atoms with Crippen LogP contribution in [0.2, 0.25) is 0 Å². The summed E-state index contributed by atoms with van der Waals surface area (Å²) in [6.07, 6.45) is 1.58. The molecule has 21 heavy (non-hydrogen) atoms. The zero-order chi connectivity index (χ0) is 15.5. The Morgan fingerprint density at radius 1 is 1.38 bits per heavy atom. The predicted octanol–water partition coefficient (Wildman–Crippen LogP) is 1.65. The summed E-state index contributed by atoms with van der Waals surface area (Å²) in [5.74, 6) is 0.133. The summed E-state index contributed by atoms with van der Waals surface area (Å²) in [6, 6.07) is 5.10. The summed E-state index contributed by atoms with van der Waals surface area (Å²) in [5, 5.41) is 13.2. The lowest BCUT2D eigenvalue weighted by atomic mass is 10.0. The van der Waals surface area contributed by atoms with Crippen molar-refractivity contribution in [3.05, 3.63) is 35.8 Å². The first-order valence-electron chi connectivity index (χ1n) is 6.71. The van der Waals surface area contributed by atoms with Gasteiger partial charge in [-0.05, 0) is 33.8 Å². The summed E-state index contributed by atoms with van der Waals surface area (Å²) in [5.41, 5.74) is 0.288. The maximum Gasteiger partial charge on any atom is 0.270 e. The van der Waals surface area contributed by atoms with Crippen molar-refractivity contribution < 1.29 is 9.53 Å². The van der Waals surface area contributed by atoms with Crippen molar-refractivity contribution in [1.82, 2.24) is 25.7 Å². The molecule has 0 aromatic carbocycles. The summed E-state index contributed by atoms with van der Waals surface area (Å²) in [4.78, 5) is 16.5. The van der Waals surface area contributed by atoms with Crippen LogP contribution in [0.25, 0.3) is 0 Å². The fourth-order valence-electron chi connectivity index (χ4n) is 1.76. The Morgan fingerprint density at radius 3 is 2.76 bits per heavy atom. The van der Waals surface area contributed by atoms with Crippen LogP contribution < -0.4 is 10.1 Å². The lowest BCUT2D eigenvalue weighted by Gasteiger charge is -2.23. The number of aromatic nitrogens is 4. The van der Waals surface area contributed by atoms with Gasteiger partial charge >= 0.3 is 0 Å². The Morgan fingerprint density at radius 2 is 2.14 bits per heavy atom. The average Bonchev–Trinajstić information content (AvgIpc) is 2.92. The van der Waals surface area contributed by atoms with E-state index in [2.05, 4.69) is 25.7 Å². The first-order chi connectivity index (χ1) is 9.88. The Labute approximate surface area is 123 Å². The zero-order valence-electron chi connectivity index (χ0n) is 12.5. The van der Waals surface area contributed by atoms with Gasteiger partial charge in [0.1, 0.15) is 11.4 Å². The van der Waals surface area contributed by atoms with E-state index in [0.717, 1.165) is 0 Å². The minimum absolute atomic E-state index is 0.00221. The number of H-pyrrole nitrogens is 1. The molecular weight excluding hydrogens is 270 g/mol. The molecule has 0 aliphatic rings. The molecule has 2 N–H and O–H groups in total. The van der Waals surface area contributed by atoms with Gasteiger partial charge in [0.15, 0.2) is 0 Å². The van der Waals surface area contributed by atoms with Crippen molar-refractivity contribution in [1.29, 1.82) is 0 Å². The maximum absolute atomic E-state index is 12.3. The fraction of sp³-hybridized carbons (Fsp3) is 0.429. The van der Waals surface area contributed by atoms with Crippen LogP contribution >= 0.6 is 0 Å². The van der Waals surface area contributed by atoms with E-state index >= 15 is 0 Å². The van der Waals surface area contributed by atoms with Crippen LogP contribution in [0.5, 0.6) is 5.88 Å². The van der Waals surface area contributed by atoms with E-state index in [1.54, 1.807) is 24.4 Å². The van der Waals surface area contributed by atoms with Crippen LogP contribution in [0.3, 0.4) is 0 Å². The number of pyridine rings is 1. The molecule has 0 atom stereocenters. The highest BCUT2D eigenvalue weighted by Crippen LogP contribution is 2.17. The average molecular weight is 289 g/mol. The van der Waals surface area contributed by atoms with E-state index in [1.807, 2.05) is 27.7 Å². The number of carbonyl (C=O) groups is 1. The van der Waals surface area contributed by atoms with Crippen LogP contribution in [0.15, 0.2) is 24.4 Å². The Hall–Kier alpha value is -2.44. The second kappa shape index (κ2) is 5.90. The highest BCUT2D eigenvalue weighted by atomic mass is 16.5. The topological polar surface area (TPSA) is 92.8 Å². The molecular formula is C14H19N5O2. The van der Waals surface area contributed by atoms with E-state index in [-0.39, 0.29) is 12.0 Å². The number of carbonyl (C=O) groups excluding carboxylic acids is 1. The molecule has 2 aromatic rings. The largest absolute Gasteiger partial charge is 0.475 e. The number of rotatable bonds is 5. The minimum atomic E-state index is -0.652. The van der Waals surface area contributed by atoms with E-state index < -0.39 is 5.54 Å². The van der Waals surface area contributed by atoms with Gasteiger partial charge in [-0.25, -0.2) is 4.98 Å². The molecule has 7 nitrogen and oxygen atoms in total. The number of hydrogen-bond donors (Lipinski definition) is 2. The predicted molar refractivity (Wildman–Crippen MR) is 76.9 cm³/mol. The SMILES string of the molecule is CC(C)Oc1cccc(C(=O)NC(C)(C)c2cn[nH]n2)n1. The summed E-state index contributed by atoms with van der Waals surface area (Å²) < 4.78 is 5.49. The van der Waals surface area contributed by atoms with Gasteiger partial charge < -0.3 is 10.1 Å². The molecule has 0 spiro atoms. The smallest absolute Gasteiger partial charge is 0.270 e. The second-order valence-corrected chi connectivity index (χ2v) is 5.46. The molecule has 112 valence electrons. The van der Waals surface area contributed by atoms with Crippen LogP contribution in [-0.4, -0.2) is 32.4 Å². The molecule has 1 amide bonds. The third-order valence-electron chi connectivity index (χ3n) is 2.79. The Bertz CT molecular complexity index is 608. The minimum Gasteiger partial charge on any atom is -0.475 e. The van der Waals surface area contributed by atoms with Gasteiger partial charge in [-0.3, -0.25) is 4.79 Å². The summed E-state index contributed by atoms with van der Waals surface area (Å²) >= 11 is 0. The van der Waals surface area contributed by atoms with Crippen molar-refractivity contribution in [3.8, 4) is 5.88 Å². The van der Waals surface area contributed by atoms with Crippen molar-refractivity contribution in [3.63, 3.8) is 0 Å². The quantitative estimate of drug-likeness (QED) is 0.873. The molecule has 0 unspecified atom stereocenters. The molecule has 0 saturated carbocycles. The standard InChI is InChI=1S/C14H19N5O2/c1-9(2)21-12-7-5-6-10(16-12)13(20)17-14(3,4)11-8-15-19-18-11/h5-9H,1-4H3,(H,17,20)(H,15,18,19). The zero-order valence-corrected chi connectivity index (χ0v) is 12.5. The second-order valence-electron chi connectivity index (χ2n) is 5.46. The highest BCUT2D eigenvalue weighted by Gasteiger charge is 2.26. The number of hydrogen-bond acceptors (Lipinski definition) is 5. The van der Waals surface area contributed by atoms with Gasteiger partial charge in [0.2, 0.25) is 5.88 Å². The Kier molecular flexibility index (Phi) is 4.21. The third kappa shape index (κ3) is 3.77. The van der Waals surface area contributed by atoms with Crippen molar-refractivity contribution in [2.45, 2.75) is 39.3 Å². The maximum atomic E-state index is 12.3. The molecule has 2 heterocycles. The molecule has 2 rings (SSSR count). The Balaban J connectivity index is 2.13. The van der Waals surface area contributed by atoms with E-state index in [4.69, 9.17) is 4.74 Å². The molecule has 0 saturated heterocycles. The number of nitrogens with one attached hydrogen (secondary N) is 2. The van der Waals surface area contributed by atoms with Gasteiger partial charge in [0.25, 0.3) is 5.91 Å². The normalized spacial score (nSPS) is 11.5. The van der Waals surface area contributed by atoms with Crippen LogP contribution in [0.1, 0.15) is 43.9 Å². The molecule has 0 fully saturated rings. The van der Waals surface area contributed by atoms with E-state index in [1.165, 1.54) is 0 Å². The molecule has 0 aliphatic carbocycles. The highest BCUT2D eigenvalue weighted by molar-refractivity contribution is 5.92. The molecule has 0 bridgehead atoms. The van der Waals surface area contributed by atoms with Gasteiger partial charge in [0, 0.05) is 6.07 Å². The van der Waals surface area contributed by atoms with E-state index in [0.29, 0.717) is 17.3 Å². The van der Waals surface area contributed by atoms with Gasteiger partial charge in [0.05, 0.1) is 17.8 Å². The van der Waals surface area contributed by atoms with Crippen LogP contribution in [0, 0.1) is 0 Å². The van der Waals surface area contributed by atoms with Crippen molar-refractivity contribution in [2.75, 3.05) is 0 Å². The van der Waals surface area contributed by atoms with Crippen molar-refractivity contribution >= 4 is 5.91 Å². The monoisotopic (exact) mass is 289 g/mol. The fourth-order valence-corrected chi connectivity index (χ4v) is 1.76. The van der Waals surface area contributed by atoms with Gasteiger partial charge in [-0.2, -0.15) is 15.4 Å². The van der Waals surface area contributed by atoms with Crippen LogP contribution in [-0.2, 0) is 5.54 Å². The number of nitrogens with zero attached hydrogens (tertiary/aromatic N) is 3. The third-order valence-corrected chi connectivity index (χ3v) is 2.79. The van der Waals surface area contributed by atoms with E-state index in [9.17, 15) is 4.79 Å². The number of ether oxygens (including phenoxy) is 1. The van der Waals surface area contributed by atoms with Gasteiger partial charge in [-0.1, -0.05) is 6.07 Å². The number of aromatic amines is 1. The molecule has 0 radical (unpaired) electrons. The van der Waals surface area contributed by atoms with Gasteiger partial charge in [-0.15, -0.1) is 0 Å². The van der Waals surface area contributed by atoms with Crippen molar-refractivity contribution in [2.24, 2.45) is 0 Å². The lowest BCUT2D eigenvalue weighted by molar-refractivity contribution is 0.0903. The lowest BCUT2D eigenvalue weighted by Crippen LogP contribution is -2.41. The summed E-state index contributed by atoms with van der Waals surface area (Å²) in [6.45, 7) is 7.50. The summed E-state index contributed by atoms with van der Waals surface area (Å²) in [7, 11) is 0. The number of amides is 1.